The molecule has 39 heavy (non-hydrogen) atoms. The molecular formula is C30H37N5O3S. The second-order valence-electron chi connectivity index (χ2n) is 11.0. The van der Waals surface area contributed by atoms with Gasteiger partial charge in [0.15, 0.2) is 5.54 Å². The maximum atomic E-state index is 13.6. The van der Waals surface area contributed by atoms with Gasteiger partial charge < -0.3 is 19.6 Å². The summed E-state index contributed by atoms with van der Waals surface area (Å²) in [5, 5.41) is 17.0. The average molecular weight is 548 g/mol. The summed E-state index contributed by atoms with van der Waals surface area (Å²) in [5.41, 5.74) is 3.37. The lowest BCUT2D eigenvalue weighted by Gasteiger charge is -2.42. The van der Waals surface area contributed by atoms with Gasteiger partial charge in [-0.3, -0.25) is 14.9 Å². The number of hydrogen-bond donors (Lipinski definition) is 3. The van der Waals surface area contributed by atoms with Gasteiger partial charge in [-0.15, -0.1) is 11.8 Å². The van der Waals surface area contributed by atoms with Crippen molar-refractivity contribution < 1.29 is 9.53 Å². The molecule has 0 radical (unpaired) electrons. The number of aryl methyl sites for hydroxylation is 1. The molecule has 1 atom stereocenters. The van der Waals surface area contributed by atoms with Crippen LogP contribution in [0.15, 0.2) is 40.0 Å². The molecule has 1 amide bonds. The van der Waals surface area contributed by atoms with E-state index in [4.69, 9.17) is 4.74 Å². The Labute approximate surface area is 233 Å². The van der Waals surface area contributed by atoms with Crippen molar-refractivity contribution in [1.29, 1.82) is 5.26 Å². The summed E-state index contributed by atoms with van der Waals surface area (Å²) in [6.07, 6.45) is 6.09. The van der Waals surface area contributed by atoms with Crippen LogP contribution in [0.25, 0.3) is 10.9 Å². The number of aromatic nitrogens is 2. The number of aromatic amines is 1. The van der Waals surface area contributed by atoms with Crippen LogP contribution < -0.4 is 16.2 Å². The van der Waals surface area contributed by atoms with E-state index in [1.807, 2.05) is 44.4 Å². The van der Waals surface area contributed by atoms with E-state index in [-0.39, 0.29) is 24.1 Å². The van der Waals surface area contributed by atoms with Crippen molar-refractivity contribution in [2.45, 2.75) is 75.5 Å². The highest BCUT2D eigenvalue weighted by Gasteiger charge is 2.41. The molecule has 206 valence electrons. The summed E-state index contributed by atoms with van der Waals surface area (Å²) < 4.78 is 7.61. The van der Waals surface area contributed by atoms with Crippen molar-refractivity contribution in [1.82, 2.24) is 20.2 Å². The monoisotopic (exact) mass is 547 g/mol. The zero-order chi connectivity index (χ0) is 27.7. The predicted molar refractivity (Wildman–Crippen MR) is 154 cm³/mol. The molecule has 3 aromatic rings. The number of ether oxygens (including phenoxy) is 1. The largest absolute Gasteiger partial charge is 0.375 e. The maximum absolute atomic E-state index is 13.6. The zero-order valence-electron chi connectivity index (χ0n) is 23.1. The SMILES string of the molecule is CSc1cc(C)[nH]c(=O)c1CNC(=O)c1c(C)n([C@H](C)C2CCC(NC3(C#N)COC3)CC2)c2ccccc12. The summed E-state index contributed by atoms with van der Waals surface area (Å²) in [6, 6.07) is 13.0. The van der Waals surface area contributed by atoms with Gasteiger partial charge in [-0.1, -0.05) is 18.2 Å². The summed E-state index contributed by atoms with van der Waals surface area (Å²) >= 11 is 1.51. The molecule has 9 heteroatoms. The molecule has 1 aliphatic carbocycles. The number of amides is 1. The quantitative estimate of drug-likeness (QED) is 0.356. The summed E-state index contributed by atoms with van der Waals surface area (Å²) in [4.78, 5) is 29.9. The highest BCUT2D eigenvalue weighted by atomic mass is 32.2. The molecule has 2 aliphatic rings. The third-order valence-corrected chi connectivity index (χ3v) is 9.32. The van der Waals surface area contributed by atoms with Gasteiger partial charge in [-0.25, -0.2) is 0 Å². The molecule has 1 saturated heterocycles. The number of hydrogen-bond acceptors (Lipinski definition) is 6. The fourth-order valence-electron chi connectivity index (χ4n) is 6.33. The highest BCUT2D eigenvalue weighted by Crippen LogP contribution is 2.38. The van der Waals surface area contributed by atoms with Crippen LogP contribution in [0.4, 0.5) is 0 Å². The second-order valence-corrected chi connectivity index (χ2v) is 11.9. The lowest BCUT2D eigenvalue weighted by molar-refractivity contribution is -0.0515. The zero-order valence-corrected chi connectivity index (χ0v) is 23.9. The number of rotatable bonds is 8. The van der Waals surface area contributed by atoms with Crippen LogP contribution in [0.3, 0.4) is 0 Å². The number of carbonyl (C=O) groups is 1. The lowest BCUT2D eigenvalue weighted by atomic mass is 9.80. The number of benzene rings is 1. The van der Waals surface area contributed by atoms with Crippen molar-refractivity contribution in [3.05, 3.63) is 63.2 Å². The van der Waals surface area contributed by atoms with Gasteiger partial charge >= 0.3 is 0 Å². The minimum Gasteiger partial charge on any atom is -0.375 e. The molecule has 1 aliphatic heterocycles. The number of nitrogens with one attached hydrogen (secondary N) is 3. The molecule has 1 saturated carbocycles. The van der Waals surface area contributed by atoms with E-state index in [9.17, 15) is 14.9 Å². The van der Waals surface area contributed by atoms with E-state index in [1.54, 1.807) is 0 Å². The number of para-hydroxylation sites is 1. The molecule has 2 aromatic heterocycles. The van der Waals surface area contributed by atoms with Gasteiger partial charge in [0.1, 0.15) is 0 Å². The minimum atomic E-state index is -0.515. The van der Waals surface area contributed by atoms with Crippen LogP contribution in [0.5, 0.6) is 0 Å². The topological polar surface area (TPSA) is 112 Å². The maximum Gasteiger partial charge on any atom is 0.254 e. The first-order chi connectivity index (χ1) is 18.8. The summed E-state index contributed by atoms with van der Waals surface area (Å²) in [6.45, 7) is 7.25. The van der Waals surface area contributed by atoms with E-state index in [1.165, 1.54) is 11.8 Å². The second kappa shape index (κ2) is 11.2. The number of thioether (sulfide) groups is 1. The number of H-pyrrole nitrogens is 1. The normalized spacial score (nSPS) is 21.2. The van der Waals surface area contributed by atoms with Crippen molar-refractivity contribution in [3.8, 4) is 6.07 Å². The van der Waals surface area contributed by atoms with E-state index in [0.29, 0.717) is 36.3 Å². The van der Waals surface area contributed by atoms with Crippen LogP contribution in [0.1, 0.15) is 66.0 Å². The minimum absolute atomic E-state index is 0.164. The fourth-order valence-corrected chi connectivity index (χ4v) is 7.04. The number of fused-ring (bicyclic) bond motifs is 1. The van der Waals surface area contributed by atoms with Crippen LogP contribution >= 0.6 is 11.8 Å². The van der Waals surface area contributed by atoms with Gasteiger partial charge in [-0.05, 0) is 70.8 Å². The molecule has 8 nitrogen and oxygen atoms in total. The van der Waals surface area contributed by atoms with Crippen molar-refractivity contribution >= 4 is 28.6 Å². The van der Waals surface area contributed by atoms with E-state index >= 15 is 0 Å². The van der Waals surface area contributed by atoms with Crippen LogP contribution in [-0.4, -0.2) is 46.5 Å². The molecule has 5 rings (SSSR count). The molecule has 2 fully saturated rings. The Hall–Kier alpha value is -3.06. The Balaban J connectivity index is 1.35. The Morgan fingerprint density at radius 2 is 1.97 bits per heavy atom. The third-order valence-electron chi connectivity index (χ3n) is 8.51. The van der Waals surface area contributed by atoms with Crippen molar-refractivity contribution in [3.63, 3.8) is 0 Å². The Morgan fingerprint density at radius 1 is 1.26 bits per heavy atom. The first-order valence-corrected chi connectivity index (χ1v) is 14.9. The van der Waals surface area contributed by atoms with Crippen molar-refractivity contribution in [2.75, 3.05) is 19.5 Å². The number of nitrogens with zero attached hydrogens (tertiary/aromatic N) is 2. The van der Waals surface area contributed by atoms with Gasteiger partial charge in [0.2, 0.25) is 0 Å². The van der Waals surface area contributed by atoms with Gasteiger partial charge in [-0.2, -0.15) is 5.26 Å². The van der Waals surface area contributed by atoms with Crippen LogP contribution in [-0.2, 0) is 11.3 Å². The summed E-state index contributed by atoms with van der Waals surface area (Å²) in [5.74, 6) is 0.304. The van der Waals surface area contributed by atoms with Gasteiger partial charge in [0, 0.05) is 51.4 Å². The first-order valence-electron chi connectivity index (χ1n) is 13.7. The molecule has 3 heterocycles. The highest BCUT2D eigenvalue weighted by molar-refractivity contribution is 7.98. The Morgan fingerprint density at radius 3 is 2.62 bits per heavy atom. The lowest BCUT2D eigenvalue weighted by Crippen LogP contribution is -2.62. The first kappa shape index (κ1) is 27.5. The number of carbonyl (C=O) groups excluding carboxylic acids is 1. The molecular weight excluding hydrogens is 510 g/mol. The molecule has 0 unspecified atom stereocenters. The molecule has 0 spiro atoms. The van der Waals surface area contributed by atoms with Gasteiger partial charge in [0.05, 0.1) is 24.8 Å². The molecule has 0 bridgehead atoms. The van der Waals surface area contributed by atoms with Crippen LogP contribution in [0, 0.1) is 31.1 Å². The van der Waals surface area contributed by atoms with Gasteiger partial charge in [0.25, 0.3) is 11.5 Å². The standard InChI is InChI=1S/C30H37N5O3S/c1-18-13-26(39-4)24(28(36)33-18)14-32-29(37)27-20(3)35(25-8-6-5-7-23(25)27)19(2)21-9-11-22(12-10-21)34-30(15-31)16-38-17-30/h5-8,13,19,21-22,34H,9-12,14,16-17H2,1-4H3,(H,32,37)(H,33,36)/t19-,21?,22?/m1/s1. The molecule has 3 N–H and O–H groups in total. The van der Waals surface area contributed by atoms with E-state index in [2.05, 4.69) is 39.2 Å². The van der Waals surface area contributed by atoms with Crippen molar-refractivity contribution in [2.24, 2.45) is 5.92 Å². The Bertz CT molecular complexity index is 1470. The summed E-state index contributed by atoms with van der Waals surface area (Å²) in [7, 11) is 0. The average Bonchev–Trinajstić information content (AvgIpc) is 3.21. The number of pyridine rings is 1. The van der Waals surface area contributed by atoms with E-state index < -0.39 is 5.54 Å². The molecule has 1 aromatic carbocycles. The number of nitriles is 1. The smallest absolute Gasteiger partial charge is 0.254 e. The van der Waals surface area contributed by atoms with Crippen LogP contribution in [0.2, 0.25) is 0 Å². The predicted octanol–water partition coefficient (Wildman–Crippen LogP) is 4.60. The fraction of sp³-hybridized carbons (Fsp3) is 0.500. The Kier molecular flexibility index (Phi) is 7.90. The van der Waals surface area contributed by atoms with E-state index in [0.717, 1.165) is 52.9 Å². The third kappa shape index (κ3) is 5.25.